The Labute approximate surface area is 186 Å². The number of carbonyl (C=O) groups is 1. The van der Waals surface area contributed by atoms with Gasteiger partial charge in [-0.05, 0) is 12.1 Å². The second-order valence-corrected chi connectivity index (χ2v) is 7.21. The number of nitro groups is 1. The van der Waals surface area contributed by atoms with E-state index in [-0.39, 0.29) is 11.3 Å². The molecule has 0 atom stereocenters. The molecule has 1 fully saturated rings. The third-order valence-corrected chi connectivity index (χ3v) is 5.49. The van der Waals surface area contributed by atoms with Crippen molar-refractivity contribution >= 4 is 17.3 Å². The van der Waals surface area contributed by atoms with E-state index in [1.54, 1.807) is 27.4 Å². The number of hydrogen-bond donors (Lipinski definition) is 0. The highest BCUT2D eigenvalue weighted by Crippen LogP contribution is 2.40. The topological polar surface area (TPSA) is 104 Å². The van der Waals surface area contributed by atoms with Crippen LogP contribution in [0.15, 0.2) is 30.3 Å². The predicted octanol–water partition coefficient (Wildman–Crippen LogP) is 2.73. The largest absolute Gasteiger partial charge is 0.493 e. The van der Waals surface area contributed by atoms with Crippen LogP contribution in [-0.2, 0) is 11.3 Å². The lowest BCUT2D eigenvalue weighted by atomic mass is 10.1. The third kappa shape index (κ3) is 4.70. The summed E-state index contributed by atoms with van der Waals surface area (Å²) in [6.45, 7) is 3.42. The molecule has 2 aromatic rings. The molecule has 1 heterocycles. The van der Waals surface area contributed by atoms with E-state index in [9.17, 15) is 14.9 Å². The zero-order valence-electron chi connectivity index (χ0n) is 18.6. The number of benzene rings is 2. The number of piperazine rings is 1. The second kappa shape index (κ2) is 10.2. The molecule has 0 spiro atoms. The van der Waals surface area contributed by atoms with Gasteiger partial charge in [0.1, 0.15) is 0 Å². The van der Waals surface area contributed by atoms with Gasteiger partial charge in [0.25, 0.3) is 5.69 Å². The van der Waals surface area contributed by atoms with Crippen molar-refractivity contribution < 1.29 is 28.7 Å². The molecule has 0 unspecified atom stereocenters. The van der Waals surface area contributed by atoms with Crippen LogP contribution >= 0.6 is 0 Å². The second-order valence-electron chi connectivity index (χ2n) is 7.21. The predicted molar refractivity (Wildman–Crippen MR) is 118 cm³/mol. The minimum Gasteiger partial charge on any atom is -0.493 e. The van der Waals surface area contributed by atoms with E-state index in [4.69, 9.17) is 18.9 Å². The van der Waals surface area contributed by atoms with E-state index < -0.39 is 10.9 Å². The number of esters is 1. The minimum absolute atomic E-state index is 0.145. The number of ether oxygens (including phenoxy) is 4. The van der Waals surface area contributed by atoms with Crippen LogP contribution < -0.4 is 19.1 Å². The Bertz CT molecular complexity index is 988. The Balaban J connectivity index is 1.75. The van der Waals surface area contributed by atoms with Crippen molar-refractivity contribution in [3.63, 3.8) is 0 Å². The van der Waals surface area contributed by atoms with Gasteiger partial charge in [-0.15, -0.1) is 0 Å². The van der Waals surface area contributed by atoms with Crippen LogP contribution in [0.2, 0.25) is 0 Å². The number of anilines is 1. The summed E-state index contributed by atoms with van der Waals surface area (Å²) in [7, 11) is 6.02. The maximum Gasteiger partial charge on any atom is 0.340 e. The third-order valence-electron chi connectivity index (χ3n) is 5.49. The first-order valence-electron chi connectivity index (χ1n) is 10.0. The smallest absolute Gasteiger partial charge is 0.340 e. The van der Waals surface area contributed by atoms with Gasteiger partial charge in [-0.3, -0.25) is 15.0 Å². The Kier molecular flexibility index (Phi) is 7.37. The first kappa shape index (κ1) is 23.1. The average Bonchev–Trinajstić information content (AvgIpc) is 2.83. The Morgan fingerprint density at radius 1 is 0.969 bits per heavy atom. The molecule has 172 valence electrons. The Hall–Kier alpha value is -3.53. The molecular weight excluding hydrogens is 418 g/mol. The Morgan fingerprint density at radius 2 is 1.66 bits per heavy atom. The highest BCUT2D eigenvalue weighted by molar-refractivity contribution is 5.96. The lowest BCUT2D eigenvalue weighted by Gasteiger charge is -2.37. The molecule has 0 N–H and O–H groups in total. The SMILES string of the molecule is COC(=O)c1cc([N+](=O)[O-])ccc1N1CCN(Cc2ccc(OC)c(OC)c2OC)CC1. The minimum atomic E-state index is -0.596. The number of methoxy groups -OCH3 is 4. The van der Waals surface area contributed by atoms with E-state index in [1.807, 2.05) is 17.0 Å². The lowest BCUT2D eigenvalue weighted by molar-refractivity contribution is -0.384. The molecule has 0 amide bonds. The molecular formula is C22H27N3O7. The van der Waals surface area contributed by atoms with Crippen LogP contribution in [0.1, 0.15) is 15.9 Å². The molecule has 0 aliphatic carbocycles. The summed E-state index contributed by atoms with van der Waals surface area (Å²) in [5.41, 5.74) is 1.65. The van der Waals surface area contributed by atoms with E-state index >= 15 is 0 Å². The number of nitro benzene ring substituents is 1. The molecule has 0 radical (unpaired) electrons. The number of nitrogens with zero attached hydrogens (tertiary/aromatic N) is 3. The quantitative estimate of drug-likeness (QED) is 0.345. The van der Waals surface area contributed by atoms with Crippen molar-refractivity contribution in [2.45, 2.75) is 6.54 Å². The molecule has 0 saturated carbocycles. The summed E-state index contributed by atoms with van der Waals surface area (Å²) < 4.78 is 21.2. The van der Waals surface area contributed by atoms with E-state index in [0.717, 1.165) is 18.7 Å². The zero-order chi connectivity index (χ0) is 23.3. The summed E-state index contributed by atoms with van der Waals surface area (Å²) in [6.07, 6.45) is 0. The van der Waals surface area contributed by atoms with Gasteiger partial charge in [0.05, 0.1) is 44.6 Å². The molecule has 2 aromatic carbocycles. The standard InChI is InChI=1S/C22H27N3O7/c1-29-19-8-5-15(20(30-2)21(19)31-3)14-23-9-11-24(12-10-23)18-7-6-16(25(27)28)13-17(18)22(26)32-4/h5-8,13H,9-12,14H2,1-4H3. The van der Waals surface area contributed by atoms with Gasteiger partial charge < -0.3 is 23.8 Å². The first-order chi connectivity index (χ1) is 15.4. The molecule has 1 saturated heterocycles. The number of non-ortho nitro benzene ring substituents is 1. The van der Waals surface area contributed by atoms with Crippen LogP contribution in [-0.4, -0.2) is 70.4 Å². The lowest BCUT2D eigenvalue weighted by Crippen LogP contribution is -2.46. The molecule has 10 nitrogen and oxygen atoms in total. The molecule has 0 aromatic heterocycles. The summed E-state index contributed by atoms with van der Waals surface area (Å²) in [5, 5.41) is 11.1. The van der Waals surface area contributed by atoms with Crippen molar-refractivity contribution in [1.82, 2.24) is 4.90 Å². The molecule has 32 heavy (non-hydrogen) atoms. The van der Waals surface area contributed by atoms with Gasteiger partial charge in [0.2, 0.25) is 5.75 Å². The van der Waals surface area contributed by atoms with Crippen molar-refractivity contribution in [2.75, 3.05) is 59.5 Å². The van der Waals surface area contributed by atoms with Gasteiger partial charge in [0, 0.05) is 50.4 Å². The zero-order valence-corrected chi connectivity index (χ0v) is 18.6. The van der Waals surface area contributed by atoms with E-state index in [1.165, 1.54) is 19.2 Å². The fourth-order valence-electron chi connectivity index (χ4n) is 3.86. The van der Waals surface area contributed by atoms with Crippen molar-refractivity contribution in [1.29, 1.82) is 0 Å². The summed E-state index contributed by atoms with van der Waals surface area (Å²) in [5.74, 6) is 1.20. The van der Waals surface area contributed by atoms with Gasteiger partial charge in [-0.25, -0.2) is 4.79 Å². The van der Waals surface area contributed by atoms with E-state index in [2.05, 4.69) is 4.90 Å². The normalized spacial score (nSPS) is 14.1. The number of rotatable bonds is 8. The van der Waals surface area contributed by atoms with Crippen molar-refractivity contribution in [3.8, 4) is 17.2 Å². The van der Waals surface area contributed by atoms with Crippen molar-refractivity contribution in [3.05, 3.63) is 51.6 Å². The molecule has 0 bridgehead atoms. The summed E-state index contributed by atoms with van der Waals surface area (Å²) >= 11 is 0. The summed E-state index contributed by atoms with van der Waals surface area (Å²) in [4.78, 5) is 27.1. The number of carbonyl (C=O) groups excluding carboxylic acids is 1. The highest BCUT2D eigenvalue weighted by atomic mass is 16.6. The molecule has 3 rings (SSSR count). The van der Waals surface area contributed by atoms with Gasteiger partial charge in [0.15, 0.2) is 11.5 Å². The van der Waals surface area contributed by atoms with Crippen LogP contribution in [0, 0.1) is 10.1 Å². The van der Waals surface area contributed by atoms with E-state index in [0.29, 0.717) is 42.6 Å². The monoisotopic (exact) mass is 445 g/mol. The average molecular weight is 445 g/mol. The van der Waals surface area contributed by atoms with Crippen LogP contribution in [0.25, 0.3) is 0 Å². The first-order valence-corrected chi connectivity index (χ1v) is 10.0. The van der Waals surface area contributed by atoms with Crippen LogP contribution in [0.5, 0.6) is 17.2 Å². The van der Waals surface area contributed by atoms with Crippen LogP contribution in [0.4, 0.5) is 11.4 Å². The van der Waals surface area contributed by atoms with Gasteiger partial charge in [-0.1, -0.05) is 6.07 Å². The van der Waals surface area contributed by atoms with Crippen molar-refractivity contribution in [2.24, 2.45) is 0 Å². The maximum absolute atomic E-state index is 12.2. The fraction of sp³-hybridized carbons (Fsp3) is 0.409. The summed E-state index contributed by atoms with van der Waals surface area (Å²) in [6, 6.07) is 8.09. The highest BCUT2D eigenvalue weighted by Gasteiger charge is 2.25. The number of hydrogen-bond acceptors (Lipinski definition) is 9. The van der Waals surface area contributed by atoms with Gasteiger partial charge >= 0.3 is 5.97 Å². The van der Waals surface area contributed by atoms with Crippen LogP contribution in [0.3, 0.4) is 0 Å². The molecule has 1 aliphatic heterocycles. The Morgan fingerprint density at radius 3 is 2.22 bits per heavy atom. The molecule has 1 aliphatic rings. The fourth-order valence-corrected chi connectivity index (χ4v) is 3.86. The maximum atomic E-state index is 12.2. The van der Waals surface area contributed by atoms with Gasteiger partial charge in [-0.2, -0.15) is 0 Å². The molecule has 10 heteroatoms.